The number of morpholine rings is 1. The number of piperidine rings is 1. The van der Waals surface area contributed by atoms with Crippen LogP contribution >= 0.6 is 0 Å². The van der Waals surface area contributed by atoms with E-state index >= 15 is 0 Å². The predicted octanol–water partition coefficient (Wildman–Crippen LogP) is 1.42. The molecular weight excluding hydrogens is 368 g/mol. The summed E-state index contributed by atoms with van der Waals surface area (Å²) >= 11 is 0. The minimum Gasteiger partial charge on any atom is -0.379 e. The second-order valence-corrected chi connectivity index (χ2v) is 8.01. The van der Waals surface area contributed by atoms with Crippen LogP contribution in [0.2, 0.25) is 0 Å². The summed E-state index contributed by atoms with van der Waals surface area (Å²) in [6.07, 6.45) is 5.50. The Morgan fingerprint density at radius 1 is 1.10 bits per heavy atom. The zero-order valence-corrected chi connectivity index (χ0v) is 16.9. The highest BCUT2D eigenvalue weighted by molar-refractivity contribution is 5.80. The Kier molecular flexibility index (Phi) is 6.84. The maximum Gasteiger partial charge on any atom is 0.247 e. The zero-order valence-electron chi connectivity index (χ0n) is 16.9. The van der Waals surface area contributed by atoms with E-state index in [9.17, 15) is 4.79 Å². The molecule has 2 aromatic rings. The minimum atomic E-state index is -0.391. The lowest BCUT2D eigenvalue weighted by molar-refractivity contribution is -0.136. The van der Waals surface area contributed by atoms with Gasteiger partial charge in [0.05, 0.1) is 13.2 Å². The number of rotatable bonds is 7. The maximum atomic E-state index is 13.3. The van der Waals surface area contributed by atoms with Crippen LogP contribution in [0.5, 0.6) is 0 Å². The van der Waals surface area contributed by atoms with Crippen molar-refractivity contribution in [2.24, 2.45) is 5.92 Å². The van der Waals surface area contributed by atoms with E-state index in [1.807, 2.05) is 35.2 Å². The van der Waals surface area contributed by atoms with Crippen molar-refractivity contribution in [1.29, 1.82) is 0 Å². The molecule has 4 rings (SSSR count). The molecule has 0 radical (unpaired) electrons. The Morgan fingerprint density at radius 3 is 2.55 bits per heavy atom. The first-order valence-electron chi connectivity index (χ1n) is 10.6. The van der Waals surface area contributed by atoms with E-state index in [4.69, 9.17) is 4.74 Å². The molecule has 8 heteroatoms. The molecule has 0 spiro atoms. The van der Waals surface area contributed by atoms with Gasteiger partial charge >= 0.3 is 0 Å². The van der Waals surface area contributed by atoms with Gasteiger partial charge in [-0.2, -0.15) is 0 Å². The molecule has 2 aliphatic rings. The first-order valence-corrected chi connectivity index (χ1v) is 10.6. The van der Waals surface area contributed by atoms with Crippen LogP contribution in [0.3, 0.4) is 0 Å². The number of hydrogen-bond acceptors (Lipinski definition) is 6. The third-order valence-electron chi connectivity index (χ3n) is 6.12. The van der Waals surface area contributed by atoms with Crippen molar-refractivity contribution >= 4 is 5.91 Å². The number of benzene rings is 1. The van der Waals surface area contributed by atoms with Crippen molar-refractivity contribution < 1.29 is 9.53 Å². The van der Waals surface area contributed by atoms with Crippen LogP contribution in [0.15, 0.2) is 36.7 Å². The van der Waals surface area contributed by atoms with E-state index in [1.165, 1.54) is 6.42 Å². The average Bonchev–Trinajstić information content (AvgIpc) is 3.32. The highest BCUT2D eigenvalue weighted by atomic mass is 16.5. The lowest BCUT2D eigenvalue weighted by atomic mass is 9.92. The molecule has 3 heterocycles. The lowest BCUT2D eigenvalue weighted by Gasteiger charge is -2.35. The highest BCUT2D eigenvalue weighted by Gasteiger charge is 2.30. The van der Waals surface area contributed by atoms with Gasteiger partial charge in [0.15, 0.2) is 0 Å². The van der Waals surface area contributed by atoms with E-state index < -0.39 is 6.04 Å². The number of aromatic nitrogens is 4. The molecule has 2 fully saturated rings. The topological polar surface area (TPSA) is 76.4 Å². The summed E-state index contributed by atoms with van der Waals surface area (Å²) < 4.78 is 7.02. The summed E-state index contributed by atoms with van der Waals surface area (Å²) in [5.41, 5.74) is 1.11. The zero-order chi connectivity index (χ0) is 19.9. The van der Waals surface area contributed by atoms with Crippen LogP contribution in [-0.2, 0) is 16.0 Å². The Morgan fingerprint density at radius 2 is 1.86 bits per heavy atom. The van der Waals surface area contributed by atoms with Gasteiger partial charge in [0.2, 0.25) is 5.91 Å². The number of carbonyl (C=O) groups is 1. The van der Waals surface area contributed by atoms with Gasteiger partial charge < -0.3 is 9.64 Å². The third-order valence-corrected chi connectivity index (χ3v) is 6.12. The van der Waals surface area contributed by atoms with Crippen molar-refractivity contribution in [1.82, 2.24) is 30.0 Å². The standard InChI is InChI=1S/C21H30N6O2/c28-21(20(27-17-22-23-24-27)16-19-4-2-1-3-5-19)26-10-7-18(8-11-26)6-9-25-12-14-29-15-13-25/h1-5,17-18,20H,6-16H2/t20-/m1/s1. The van der Waals surface area contributed by atoms with Gasteiger partial charge in [0.25, 0.3) is 0 Å². The van der Waals surface area contributed by atoms with Crippen molar-refractivity contribution in [3.05, 3.63) is 42.2 Å². The Hall–Kier alpha value is -2.32. The number of carbonyl (C=O) groups excluding carboxylic acids is 1. The summed E-state index contributed by atoms with van der Waals surface area (Å²) in [4.78, 5) is 17.8. The van der Waals surface area contributed by atoms with Crippen LogP contribution in [0.25, 0.3) is 0 Å². The molecule has 1 amide bonds. The molecule has 29 heavy (non-hydrogen) atoms. The highest BCUT2D eigenvalue weighted by Crippen LogP contribution is 2.24. The van der Waals surface area contributed by atoms with Gasteiger partial charge in [-0.3, -0.25) is 9.69 Å². The summed E-state index contributed by atoms with van der Waals surface area (Å²) in [5.74, 6) is 0.815. The number of tetrazole rings is 1. The average molecular weight is 399 g/mol. The SMILES string of the molecule is O=C([C@@H](Cc1ccccc1)n1cnnn1)N1CCC(CCN2CCOCC2)CC1. The minimum absolute atomic E-state index is 0.118. The quantitative estimate of drug-likeness (QED) is 0.702. The van der Waals surface area contributed by atoms with E-state index in [1.54, 1.807) is 11.0 Å². The molecule has 0 aliphatic carbocycles. The van der Waals surface area contributed by atoms with Crippen LogP contribution in [0, 0.1) is 5.92 Å². The molecule has 2 saturated heterocycles. The van der Waals surface area contributed by atoms with Crippen molar-refractivity contribution in [3.63, 3.8) is 0 Å². The molecular formula is C21H30N6O2. The van der Waals surface area contributed by atoms with Gasteiger partial charge in [0.1, 0.15) is 12.4 Å². The summed E-state index contributed by atoms with van der Waals surface area (Å²) in [6, 6.07) is 9.67. The molecule has 1 aromatic carbocycles. The monoisotopic (exact) mass is 398 g/mol. The Bertz CT molecular complexity index is 740. The predicted molar refractivity (Wildman–Crippen MR) is 108 cm³/mol. The van der Waals surface area contributed by atoms with Crippen molar-refractivity contribution in [2.45, 2.75) is 31.7 Å². The fourth-order valence-corrected chi connectivity index (χ4v) is 4.29. The first kappa shape index (κ1) is 20.0. The first-order chi connectivity index (χ1) is 14.3. The fraction of sp³-hybridized carbons (Fsp3) is 0.619. The van der Waals surface area contributed by atoms with Crippen LogP contribution < -0.4 is 0 Å². The van der Waals surface area contributed by atoms with Crippen molar-refractivity contribution in [3.8, 4) is 0 Å². The molecule has 0 unspecified atom stereocenters. The van der Waals surface area contributed by atoms with Crippen LogP contribution in [0.4, 0.5) is 0 Å². The normalized spacial score (nSPS) is 19.9. The Labute approximate surface area is 171 Å². The summed E-state index contributed by atoms with van der Waals surface area (Å²) in [7, 11) is 0. The van der Waals surface area contributed by atoms with Gasteiger partial charge in [0, 0.05) is 32.6 Å². The third kappa shape index (κ3) is 5.39. The largest absolute Gasteiger partial charge is 0.379 e. The van der Waals surface area contributed by atoms with E-state index in [-0.39, 0.29) is 5.91 Å². The molecule has 0 saturated carbocycles. The molecule has 0 bridgehead atoms. The lowest BCUT2D eigenvalue weighted by Crippen LogP contribution is -2.44. The van der Waals surface area contributed by atoms with Crippen molar-refractivity contribution in [2.75, 3.05) is 45.9 Å². The summed E-state index contributed by atoms with van der Waals surface area (Å²) in [5, 5.41) is 11.5. The Balaban J connectivity index is 1.31. The molecule has 8 nitrogen and oxygen atoms in total. The van der Waals surface area contributed by atoms with E-state index in [2.05, 4.69) is 20.4 Å². The molecule has 2 aliphatic heterocycles. The summed E-state index contributed by atoms with van der Waals surface area (Å²) in [6.45, 7) is 6.58. The second-order valence-electron chi connectivity index (χ2n) is 8.01. The number of amides is 1. The van der Waals surface area contributed by atoms with Gasteiger partial charge in [-0.25, -0.2) is 4.68 Å². The van der Waals surface area contributed by atoms with Crippen LogP contribution in [0.1, 0.15) is 30.9 Å². The number of ether oxygens (including phenoxy) is 1. The number of nitrogens with zero attached hydrogens (tertiary/aromatic N) is 6. The second kappa shape index (κ2) is 9.93. The van der Waals surface area contributed by atoms with E-state index in [0.29, 0.717) is 12.3 Å². The van der Waals surface area contributed by atoms with Gasteiger partial charge in [-0.05, 0) is 47.7 Å². The van der Waals surface area contributed by atoms with Gasteiger partial charge in [-0.1, -0.05) is 30.3 Å². The number of hydrogen-bond donors (Lipinski definition) is 0. The smallest absolute Gasteiger partial charge is 0.247 e. The van der Waals surface area contributed by atoms with Gasteiger partial charge in [-0.15, -0.1) is 5.10 Å². The van der Waals surface area contributed by atoms with Crippen LogP contribution in [-0.4, -0.2) is 81.9 Å². The fourth-order valence-electron chi connectivity index (χ4n) is 4.29. The maximum absolute atomic E-state index is 13.3. The molecule has 1 atom stereocenters. The molecule has 1 aromatic heterocycles. The van der Waals surface area contributed by atoms with E-state index in [0.717, 1.165) is 64.3 Å². The number of likely N-dealkylation sites (tertiary alicyclic amines) is 1. The molecule has 0 N–H and O–H groups in total. The molecule has 156 valence electrons.